The summed E-state index contributed by atoms with van der Waals surface area (Å²) < 4.78 is 5.80. The minimum atomic E-state index is 0.645. The zero-order valence-electron chi connectivity index (χ0n) is 21.2. The van der Waals surface area contributed by atoms with Crippen LogP contribution in [0.4, 0.5) is 0 Å². The van der Waals surface area contributed by atoms with Crippen molar-refractivity contribution in [3.05, 3.63) is 13.2 Å². The van der Waals surface area contributed by atoms with E-state index in [1.807, 2.05) is 0 Å². The van der Waals surface area contributed by atoms with Crippen molar-refractivity contribution >= 4 is 0 Å². The van der Waals surface area contributed by atoms with Crippen LogP contribution >= 0.6 is 0 Å². The molecule has 1 nitrogen and oxygen atoms in total. The van der Waals surface area contributed by atoms with Gasteiger partial charge in [0, 0.05) is 13.2 Å². The van der Waals surface area contributed by atoms with Crippen molar-refractivity contribution in [1.29, 1.82) is 0 Å². The van der Waals surface area contributed by atoms with Gasteiger partial charge in [0.1, 0.15) is 0 Å². The lowest BCUT2D eigenvalue weighted by Gasteiger charge is -2.30. The largest absolute Gasteiger partial charge is 0.381 e. The number of rotatable bonds is 22. The fourth-order valence-corrected chi connectivity index (χ4v) is 4.31. The van der Waals surface area contributed by atoms with Gasteiger partial charge in [0.25, 0.3) is 0 Å². The molecule has 0 aliphatic carbocycles. The molecule has 29 heavy (non-hydrogen) atoms. The molecule has 0 amide bonds. The normalized spacial score (nSPS) is 11.3. The van der Waals surface area contributed by atoms with Gasteiger partial charge < -0.3 is 4.74 Å². The Bertz CT molecular complexity index is 274. The Morgan fingerprint density at radius 3 is 1.21 bits per heavy atom. The van der Waals surface area contributed by atoms with Gasteiger partial charge in [0.15, 0.2) is 0 Å². The minimum absolute atomic E-state index is 0.645. The van der Waals surface area contributed by atoms with E-state index < -0.39 is 0 Å². The van der Waals surface area contributed by atoms with Gasteiger partial charge in [-0.3, -0.25) is 0 Å². The predicted octanol–water partition coefficient (Wildman–Crippen LogP) is 10.3. The maximum atomic E-state index is 5.80. The number of hydrogen-bond acceptors (Lipinski definition) is 1. The molecule has 0 bridgehead atoms. The summed E-state index contributed by atoms with van der Waals surface area (Å²) in [5, 5.41) is 0. The van der Waals surface area contributed by atoms with Gasteiger partial charge in [-0.1, -0.05) is 130 Å². The smallest absolute Gasteiger partial charge is 0.0466 e. The zero-order chi connectivity index (χ0) is 22.1. The van der Waals surface area contributed by atoms with E-state index in [9.17, 15) is 0 Å². The molecule has 0 saturated heterocycles. The van der Waals surface area contributed by atoms with Gasteiger partial charge in [-0.2, -0.15) is 0 Å². The van der Waals surface area contributed by atoms with Crippen molar-refractivity contribution in [2.75, 3.05) is 13.2 Å². The van der Waals surface area contributed by atoms with Crippen LogP contribution in [0.5, 0.6) is 0 Å². The van der Waals surface area contributed by atoms with Crippen molar-refractivity contribution in [2.45, 2.75) is 150 Å². The summed E-state index contributed by atoms with van der Waals surface area (Å²) in [6.07, 6.45) is 26.4. The maximum Gasteiger partial charge on any atom is 0.0466 e. The SMILES string of the molecule is C=C.CCCCCCCCCCOCCCCCCCCCC(CC)(CC)CC. The molecule has 0 heterocycles. The van der Waals surface area contributed by atoms with Gasteiger partial charge in [0.05, 0.1) is 0 Å². The van der Waals surface area contributed by atoms with Gasteiger partial charge in [-0.05, 0) is 24.7 Å². The molecule has 0 aromatic heterocycles. The van der Waals surface area contributed by atoms with E-state index in [-0.39, 0.29) is 0 Å². The molecule has 0 aromatic rings. The average molecular weight is 411 g/mol. The van der Waals surface area contributed by atoms with Crippen LogP contribution in [0.15, 0.2) is 13.2 Å². The highest BCUT2D eigenvalue weighted by atomic mass is 16.5. The third-order valence-corrected chi connectivity index (χ3v) is 6.89. The molecule has 0 unspecified atom stereocenters. The Morgan fingerprint density at radius 1 is 0.483 bits per heavy atom. The molecule has 0 spiro atoms. The Balaban J connectivity index is 0. The summed E-state index contributed by atoms with van der Waals surface area (Å²) in [7, 11) is 0. The molecular formula is C28H58O. The molecule has 0 aliphatic rings. The summed E-state index contributed by atoms with van der Waals surface area (Å²) in [5.41, 5.74) is 0.645. The Kier molecular flexibility index (Phi) is 27.4. The van der Waals surface area contributed by atoms with Crippen LogP contribution < -0.4 is 0 Å². The number of hydrogen-bond donors (Lipinski definition) is 0. The van der Waals surface area contributed by atoms with E-state index >= 15 is 0 Å². The van der Waals surface area contributed by atoms with E-state index in [4.69, 9.17) is 4.74 Å². The van der Waals surface area contributed by atoms with Crippen LogP contribution in [0, 0.1) is 5.41 Å². The molecule has 1 heteroatoms. The van der Waals surface area contributed by atoms with Crippen LogP contribution in [0.3, 0.4) is 0 Å². The van der Waals surface area contributed by atoms with E-state index in [1.54, 1.807) is 0 Å². The van der Waals surface area contributed by atoms with Crippen LogP contribution in [0.2, 0.25) is 0 Å². The molecule has 0 saturated carbocycles. The standard InChI is InChI=1S/C26H54O.C2H4/c1-5-9-10-11-12-15-18-21-24-27-25-22-19-16-13-14-17-20-23-26(6-2,7-3)8-4;1-2/h5-25H2,1-4H3;1-2H2. The molecule has 0 atom stereocenters. The second kappa shape index (κ2) is 25.7. The fraction of sp³-hybridized carbons (Fsp3) is 0.929. The number of unbranched alkanes of at least 4 members (excludes halogenated alkanes) is 13. The minimum Gasteiger partial charge on any atom is -0.381 e. The third-order valence-electron chi connectivity index (χ3n) is 6.89. The van der Waals surface area contributed by atoms with Crippen LogP contribution in [-0.2, 0) is 4.74 Å². The molecule has 0 aromatic carbocycles. The Labute approximate surface area is 186 Å². The first kappa shape index (κ1) is 30.9. The first-order chi connectivity index (χ1) is 14.2. The lowest BCUT2D eigenvalue weighted by molar-refractivity contribution is 0.125. The second-order valence-corrected chi connectivity index (χ2v) is 8.87. The summed E-state index contributed by atoms with van der Waals surface area (Å²) in [4.78, 5) is 0. The Hall–Kier alpha value is -0.300. The Morgan fingerprint density at radius 2 is 0.828 bits per heavy atom. The van der Waals surface area contributed by atoms with Crippen molar-refractivity contribution in [3.63, 3.8) is 0 Å². The van der Waals surface area contributed by atoms with Crippen molar-refractivity contribution in [2.24, 2.45) is 5.41 Å². The highest BCUT2D eigenvalue weighted by Crippen LogP contribution is 2.36. The molecule has 0 rings (SSSR count). The molecule has 0 radical (unpaired) electrons. The third kappa shape index (κ3) is 20.7. The fourth-order valence-electron chi connectivity index (χ4n) is 4.31. The second-order valence-electron chi connectivity index (χ2n) is 8.87. The molecule has 176 valence electrons. The quantitative estimate of drug-likeness (QED) is 0.127. The zero-order valence-corrected chi connectivity index (χ0v) is 21.2. The van der Waals surface area contributed by atoms with E-state index in [0.717, 1.165) is 13.2 Å². The van der Waals surface area contributed by atoms with Gasteiger partial charge in [-0.15, -0.1) is 13.2 Å². The van der Waals surface area contributed by atoms with Crippen LogP contribution in [0.25, 0.3) is 0 Å². The maximum absolute atomic E-state index is 5.80. The van der Waals surface area contributed by atoms with Crippen molar-refractivity contribution in [1.82, 2.24) is 0 Å². The van der Waals surface area contributed by atoms with E-state index in [1.165, 1.54) is 122 Å². The average Bonchev–Trinajstić information content (AvgIpc) is 2.77. The van der Waals surface area contributed by atoms with E-state index in [0.29, 0.717) is 5.41 Å². The van der Waals surface area contributed by atoms with Gasteiger partial charge >= 0.3 is 0 Å². The van der Waals surface area contributed by atoms with E-state index in [2.05, 4.69) is 40.9 Å². The van der Waals surface area contributed by atoms with Gasteiger partial charge in [-0.25, -0.2) is 0 Å². The van der Waals surface area contributed by atoms with Gasteiger partial charge in [0.2, 0.25) is 0 Å². The number of ether oxygens (including phenoxy) is 1. The van der Waals surface area contributed by atoms with Crippen molar-refractivity contribution in [3.8, 4) is 0 Å². The highest BCUT2D eigenvalue weighted by Gasteiger charge is 2.22. The predicted molar refractivity (Wildman–Crippen MR) is 135 cm³/mol. The first-order valence-corrected chi connectivity index (χ1v) is 13.3. The molecule has 0 fully saturated rings. The lowest BCUT2D eigenvalue weighted by Crippen LogP contribution is -2.17. The summed E-state index contributed by atoms with van der Waals surface area (Å²) in [5.74, 6) is 0. The molecular weight excluding hydrogens is 352 g/mol. The monoisotopic (exact) mass is 410 g/mol. The summed E-state index contributed by atoms with van der Waals surface area (Å²) >= 11 is 0. The van der Waals surface area contributed by atoms with Crippen LogP contribution in [-0.4, -0.2) is 13.2 Å². The summed E-state index contributed by atoms with van der Waals surface area (Å²) in [6.45, 7) is 17.4. The van der Waals surface area contributed by atoms with Crippen LogP contribution in [0.1, 0.15) is 150 Å². The first-order valence-electron chi connectivity index (χ1n) is 13.3. The lowest BCUT2D eigenvalue weighted by atomic mass is 9.75. The summed E-state index contributed by atoms with van der Waals surface area (Å²) in [6, 6.07) is 0. The molecule has 0 aliphatic heterocycles. The molecule has 0 N–H and O–H groups in total. The highest BCUT2D eigenvalue weighted by molar-refractivity contribution is 4.74. The van der Waals surface area contributed by atoms with Crippen molar-refractivity contribution < 1.29 is 4.74 Å². The topological polar surface area (TPSA) is 9.23 Å².